The van der Waals surface area contributed by atoms with Gasteiger partial charge in [0.05, 0.1) is 0 Å². The molecule has 0 bridgehead atoms. The molecule has 0 unspecified atom stereocenters. The van der Waals surface area contributed by atoms with Gasteiger partial charge in [-0.2, -0.15) is 0 Å². The fraction of sp³-hybridized carbons (Fsp3) is 0.857. The number of rotatable bonds is 2. The van der Waals surface area contributed by atoms with Crippen LogP contribution in [0.15, 0.2) is 0 Å². The first kappa shape index (κ1) is 10.1. The fourth-order valence-electron chi connectivity index (χ4n) is 1.24. The third-order valence-corrected chi connectivity index (χ3v) is 2.93. The third-order valence-electron chi connectivity index (χ3n) is 1.99. The summed E-state index contributed by atoms with van der Waals surface area (Å²) in [4.78, 5) is 11.4. The second kappa shape index (κ2) is 3.81. The lowest BCUT2D eigenvalue weighted by Gasteiger charge is -2.23. The molecule has 0 aliphatic carbocycles. The summed E-state index contributed by atoms with van der Waals surface area (Å²) in [6.45, 7) is 0.628. The minimum atomic E-state index is -0.454. The van der Waals surface area contributed by atoms with Crippen molar-refractivity contribution in [3.8, 4) is 0 Å². The van der Waals surface area contributed by atoms with Gasteiger partial charge in [-0.3, -0.25) is 9.80 Å². The molecule has 0 radical (unpaired) electrons. The van der Waals surface area contributed by atoms with Crippen LogP contribution < -0.4 is 0 Å². The number of carbonyl (C=O) groups excluding carboxylic acids is 1. The molecule has 1 saturated heterocycles. The third kappa shape index (κ3) is 1.68. The predicted molar refractivity (Wildman–Crippen MR) is 49.3 cm³/mol. The molecule has 1 fully saturated rings. The van der Waals surface area contributed by atoms with E-state index in [1.807, 2.05) is 14.1 Å². The maximum atomic E-state index is 11.4. The van der Waals surface area contributed by atoms with Crippen molar-refractivity contribution in [3.05, 3.63) is 0 Å². The first-order valence-corrected chi connectivity index (χ1v) is 4.73. The summed E-state index contributed by atoms with van der Waals surface area (Å²) in [5.74, 6) is 0.458. The minimum Gasteiger partial charge on any atom is -0.274 e. The normalized spacial score (nSPS) is 30.4. The van der Waals surface area contributed by atoms with Crippen LogP contribution in [-0.4, -0.2) is 47.8 Å². The van der Waals surface area contributed by atoms with Crippen LogP contribution in [0.25, 0.3) is 0 Å². The molecular formula is C7H12Cl2N2O. The second-order valence-corrected chi connectivity index (χ2v) is 3.86. The molecule has 1 amide bonds. The van der Waals surface area contributed by atoms with E-state index < -0.39 is 5.38 Å². The number of nitrogens with zero attached hydrogens (tertiary/aromatic N) is 2. The molecule has 1 rings (SSSR count). The van der Waals surface area contributed by atoms with Gasteiger partial charge in [0, 0.05) is 32.4 Å². The van der Waals surface area contributed by atoms with Gasteiger partial charge < -0.3 is 0 Å². The van der Waals surface area contributed by atoms with Crippen LogP contribution in [0.4, 0.5) is 0 Å². The van der Waals surface area contributed by atoms with Crippen molar-refractivity contribution in [2.45, 2.75) is 5.38 Å². The molecule has 1 heterocycles. The maximum Gasteiger partial charge on any atom is 0.255 e. The number of amides is 1. The van der Waals surface area contributed by atoms with Crippen LogP contribution in [0.5, 0.6) is 0 Å². The van der Waals surface area contributed by atoms with Crippen LogP contribution >= 0.6 is 23.2 Å². The fourth-order valence-corrected chi connectivity index (χ4v) is 1.88. The first-order chi connectivity index (χ1) is 5.57. The highest BCUT2D eigenvalue weighted by atomic mass is 35.5. The summed E-state index contributed by atoms with van der Waals surface area (Å²) in [6.07, 6.45) is 0. The zero-order valence-corrected chi connectivity index (χ0v) is 8.64. The number of carbonyl (C=O) groups is 1. The summed E-state index contributed by atoms with van der Waals surface area (Å²) >= 11 is 11.5. The van der Waals surface area contributed by atoms with Crippen molar-refractivity contribution in [2.75, 3.05) is 26.5 Å². The van der Waals surface area contributed by atoms with Gasteiger partial charge in [0.15, 0.2) is 0 Å². The van der Waals surface area contributed by atoms with Gasteiger partial charge in [0.1, 0.15) is 5.38 Å². The van der Waals surface area contributed by atoms with Gasteiger partial charge in [-0.1, -0.05) is 0 Å². The summed E-state index contributed by atoms with van der Waals surface area (Å²) in [7, 11) is 3.64. The molecule has 0 spiro atoms. The highest BCUT2D eigenvalue weighted by Crippen LogP contribution is 2.24. The Bertz CT molecular complexity index is 186. The second-order valence-electron chi connectivity index (χ2n) is 3.08. The Balaban J connectivity index is 2.67. The van der Waals surface area contributed by atoms with Crippen LogP contribution in [0.3, 0.4) is 0 Å². The lowest BCUT2D eigenvalue weighted by atomic mass is 10.1. The van der Waals surface area contributed by atoms with E-state index in [1.165, 1.54) is 0 Å². The molecule has 3 nitrogen and oxygen atoms in total. The number of alkyl halides is 2. The maximum absolute atomic E-state index is 11.4. The summed E-state index contributed by atoms with van der Waals surface area (Å²) in [6, 6.07) is 0. The lowest BCUT2D eigenvalue weighted by molar-refractivity contribution is -0.138. The molecule has 0 aromatic carbocycles. The summed E-state index contributed by atoms with van der Waals surface area (Å²) in [5.41, 5.74) is 0. The van der Waals surface area contributed by atoms with Crippen LogP contribution in [0, 0.1) is 5.92 Å². The van der Waals surface area contributed by atoms with Gasteiger partial charge in [0.25, 0.3) is 5.91 Å². The average molecular weight is 211 g/mol. The molecule has 5 heteroatoms. The minimum absolute atomic E-state index is 0.0488. The van der Waals surface area contributed by atoms with Crippen LogP contribution in [-0.2, 0) is 4.79 Å². The van der Waals surface area contributed by atoms with Crippen molar-refractivity contribution < 1.29 is 4.79 Å². The highest BCUT2D eigenvalue weighted by molar-refractivity contribution is 6.32. The molecular weight excluding hydrogens is 199 g/mol. The summed E-state index contributed by atoms with van der Waals surface area (Å²) < 4.78 is 0. The molecule has 0 aromatic rings. The molecule has 0 aromatic heterocycles. The molecule has 2 atom stereocenters. The van der Waals surface area contributed by atoms with E-state index in [2.05, 4.69) is 0 Å². The van der Waals surface area contributed by atoms with Crippen molar-refractivity contribution in [2.24, 2.45) is 5.92 Å². The molecule has 0 saturated carbocycles. The van der Waals surface area contributed by atoms with Gasteiger partial charge in [-0.15, -0.1) is 23.2 Å². The Morgan fingerprint density at radius 1 is 1.67 bits per heavy atom. The zero-order valence-electron chi connectivity index (χ0n) is 7.13. The van der Waals surface area contributed by atoms with Gasteiger partial charge >= 0.3 is 0 Å². The number of hydrogen-bond acceptors (Lipinski definition) is 2. The van der Waals surface area contributed by atoms with E-state index in [0.29, 0.717) is 12.4 Å². The molecule has 1 aliphatic rings. The standard InChI is InChI=1S/C7H12Cl2N2O/c1-10(2)11-4-5(3-8)6(9)7(11)12/h5-6H,3-4H2,1-2H3/t5-,6-/m1/s1. The highest BCUT2D eigenvalue weighted by Gasteiger charge is 2.39. The molecule has 1 aliphatic heterocycles. The van der Waals surface area contributed by atoms with E-state index >= 15 is 0 Å². The van der Waals surface area contributed by atoms with E-state index in [0.717, 1.165) is 0 Å². The smallest absolute Gasteiger partial charge is 0.255 e. The van der Waals surface area contributed by atoms with Crippen molar-refractivity contribution in [3.63, 3.8) is 0 Å². The number of halogens is 2. The topological polar surface area (TPSA) is 23.6 Å². The van der Waals surface area contributed by atoms with E-state index in [-0.39, 0.29) is 11.8 Å². The van der Waals surface area contributed by atoms with Crippen LogP contribution in [0.1, 0.15) is 0 Å². The zero-order chi connectivity index (χ0) is 9.30. The average Bonchev–Trinajstić information content (AvgIpc) is 2.30. The predicted octanol–water partition coefficient (Wildman–Crippen LogP) is 0.768. The van der Waals surface area contributed by atoms with E-state index in [9.17, 15) is 4.79 Å². The molecule has 70 valence electrons. The Morgan fingerprint density at radius 3 is 2.50 bits per heavy atom. The Hall–Kier alpha value is 0.01000. The van der Waals surface area contributed by atoms with Gasteiger partial charge in [-0.05, 0) is 0 Å². The molecule has 0 N–H and O–H groups in total. The van der Waals surface area contributed by atoms with Crippen molar-refractivity contribution in [1.82, 2.24) is 10.0 Å². The first-order valence-electron chi connectivity index (χ1n) is 3.76. The van der Waals surface area contributed by atoms with Crippen molar-refractivity contribution in [1.29, 1.82) is 0 Å². The monoisotopic (exact) mass is 210 g/mol. The SMILES string of the molecule is CN(C)N1C[C@@H](CCl)[C@@H](Cl)C1=O. The lowest BCUT2D eigenvalue weighted by Crippen LogP contribution is -2.39. The van der Waals surface area contributed by atoms with Crippen LogP contribution in [0.2, 0.25) is 0 Å². The summed E-state index contributed by atoms with van der Waals surface area (Å²) in [5, 5.41) is 2.90. The Labute approximate surface area is 82.2 Å². The van der Waals surface area contributed by atoms with Gasteiger partial charge in [0.2, 0.25) is 0 Å². The van der Waals surface area contributed by atoms with Crippen molar-refractivity contribution >= 4 is 29.1 Å². The Morgan fingerprint density at radius 2 is 2.25 bits per heavy atom. The van der Waals surface area contributed by atoms with E-state index in [1.54, 1.807) is 10.0 Å². The van der Waals surface area contributed by atoms with E-state index in [4.69, 9.17) is 23.2 Å². The number of hydrogen-bond donors (Lipinski definition) is 0. The molecule has 12 heavy (non-hydrogen) atoms. The Kier molecular flexibility index (Phi) is 3.21. The van der Waals surface area contributed by atoms with Gasteiger partial charge in [-0.25, -0.2) is 5.01 Å². The largest absolute Gasteiger partial charge is 0.274 e. The quantitative estimate of drug-likeness (QED) is 0.630. The number of hydrazine groups is 1.